The molecular formula is C11H8N3O-. The van der Waals surface area contributed by atoms with Crippen molar-refractivity contribution in [2.75, 3.05) is 0 Å². The number of hydrogen-bond donors (Lipinski definition) is 0. The summed E-state index contributed by atoms with van der Waals surface area (Å²) >= 11 is 0. The Bertz CT molecular complexity index is 480. The van der Waals surface area contributed by atoms with Crippen molar-refractivity contribution in [3.8, 4) is 0 Å². The van der Waals surface area contributed by atoms with E-state index >= 15 is 0 Å². The zero-order valence-electron chi connectivity index (χ0n) is 7.87. The molecule has 0 saturated heterocycles. The molecule has 3 aliphatic rings. The second kappa shape index (κ2) is 2.95. The van der Waals surface area contributed by atoms with Crippen LogP contribution in [0.4, 0.5) is 0 Å². The topological polar surface area (TPSA) is 51.0 Å². The van der Waals surface area contributed by atoms with E-state index in [-0.39, 0.29) is 11.8 Å². The lowest BCUT2D eigenvalue weighted by Crippen LogP contribution is -2.39. The van der Waals surface area contributed by atoms with Crippen molar-refractivity contribution < 1.29 is 5.11 Å². The second-order valence-corrected chi connectivity index (χ2v) is 3.44. The number of aliphatic imine (C=N–C) groups is 2. The molecule has 2 aliphatic heterocycles. The smallest absolute Gasteiger partial charge is 0.128 e. The first-order valence-electron chi connectivity index (χ1n) is 4.68. The molecular weight excluding hydrogens is 190 g/mol. The van der Waals surface area contributed by atoms with Crippen LogP contribution >= 0.6 is 0 Å². The van der Waals surface area contributed by atoms with Crippen LogP contribution in [0, 0.1) is 0 Å². The van der Waals surface area contributed by atoms with Crippen molar-refractivity contribution >= 4 is 12.7 Å². The summed E-state index contributed by atoms with van der Waals surface area (Å²) in [4.78, 5) is 9.72. The SMILES string of the molecule is [O-]C1=C2N=CN=CN2C2C=CC=CC2=C1. The molecule has 0 aromatic carbocycles. The Morgan fingerprint density at radius 3 is 3.20 bits per heavy atom. The zero-order valence-corrected chi connectivity index (χ0v) is 7.87. The number of rotatable bonds is 0. The summed E-state index contributed by atoms with van der Waals surface area (Å²) in [6, 6.07) is 0.0592. The van der Waals surface area contributed by atoms with Crippen molar-refractivity contribution in [3.05, 3.63) is 47.5 Å². The quantitative estimate of drug-likeness (QED) is 0.563. The molecule has 1 atom stereocenters. The molecule has 15 heavy (non-hydrogen) atoms. The molecule has 0 aromatic rings. The van der Waals surface area contributed by atoms with Gasteiger partial charge in [0.05, 0.1) is 12.4 Å². The Hall–Kier alpha value is -2.10. The summed E-state index contributed by atoms with van der Waals surface area (Å²) in [6.07, 6.45) is 12.5. The monoisotopic (exact) mass is 198 g/mol. The lowest BCUT2D eigenvalue weighted by molar-refractivity contribution is -0.298. The van der Waals surface area contributed by atoms with Crippen LogP contribution in [-0.4, -0.2) is 23.6 Å². The van der Waals surface area contributed by atoms with Gasteiger partial charge in [-0.25, -0.2) is 9.98 Å². The molecule has 0 spiro atoms. The lowest BCUT2D eigenvalue weighted by Gasteiger charge is -2.37. The van der Waals surface area contributed by atoms with Crippen molar-refractivity contribution in [3.63, 3.8) is 0 Å². The van der Waals surface area contributed by atoms with Gasteiger partial charge in [0.25, 0.3) is 0 Å². The molecule has 0 fully saturated rings. The number of nitrogens with zero attached hydrogens (tertiary/aromatic N) is 3. The van der Waals surface area contributed by atoms with Crippen LogP contribution < -0.4 is 5.11 Å². The summed E-state index contributed by atoms with van der Waals surface area (Å²) < 4.78 is 0. The summed E-state index contributed by atoms with van der Waals surface area (Å²) in [5.41, 5.74) is 0.981. The molecule has 74 valence electrons. The third-order valence-corrected chi connectivity index (χ3v) is 2.53. The van der Waals surface area contributed by atoms with Crippen LogP contribution in [0.5, 0.6) is 0 Å². The van der Waals surface area contributed by atoms with E-state index in [0.29, 0.717) is 5.82 Å². The number of allylic oxidation sites excluding steroid dienone is 3. The van der Waals surface area contributed by atoms with Crippen LogP contribution in [0.2, 0.25) is 0 Å². The van der Waals surface area contributed by atoms with Gasteiger partial charge in [0.15, 0.2) is 0 Å². The Morgan fingerprint density at radius 2 is 2.27 bits per heavy atom. The average Bonchev–Trinajstić information content (AvgIpc) is 2.30. The van der Waals surface area contributed by atoms with Crippen LogP contribution in [0.1, 0.15) is 0 Å². The highest BCUT2D eigenvalue weighted by Crippen LogP contribution is 2.28. The molecule has 3 rings (SSSR count). The fraction of sp³-hybridized carbons (Fsp3) is 0.0909. The highest BCUT2D eigenvalue weighted by molar-refractivity contribution is 5.78. The van der Waals surface area contributed by atoms with Crippen molar-refractivity contribution in [1.29, 1.82) is 0 Å². The normalized spacial score (nSPS) is 26.5. The summed E-state index contributed by atoms with van der Waals surface area (Å²) in [5, 5.41) is 11.7. The van der Waals surface area contributed by atoms with Gasteiger partial charge >= 0.3 is 0 Å². The van der Waals surface area contributed by atoms with Crippen LogP contribution in [0.15, 0.2) is 57.5 Å². The molecule has 0 amide bonds. The first-order valence-corrected chi connectivity index (χ1v) is 4.68. The maximum absolute atomic E-state index is 11.7. The van der Waals surface area contributed by atoms with Crippen molar-refractivity contribution in [2.45, 2.75) is 6.04 Å². The van der Waals surface area contributed by atoms with Gasteiger partial charge in [-0.1, -0.05) is 36.1 Å². The minimum absolute atomic E-state index is 0.0592. The molecule has 0 bridgehead atoms. The van der Waals surface area contributed by atoms with Gasteiger partial charge in [0, 0.05) is 0 Å². The molecule has 4 nitrogen and oxygen atoms in total. The number of hydrogen-bond acceptors (Lipinski definition) is 4. The van der Waals surface area contributed by atoms with Gasteiger partial charge in [-0.05, 0) is 5.57 Å². The minimum atomic E-state index is -0.0661. The Labute approximate surface area is 87.0 Å². The van der Waals surface area contributed by atoms with Gasteiger partial charge in [-0.15, -0.1) is 0 Å². The first kappa shape index (κ1) is 8.23. The third-order valence-electron chi connectivity index (χ3n) is 2.53. The third kappa shape index (κ3) is 1.15. The molecule has 1 unspecified atom stereocenters. The molecule has 0 N–H and O–H groups in total. The van der Waals surface area contributed by atoms with Gasteiger partial charge in [-0.3, -0.25) is 0 Å². The predicted molar refractivity (Wildman–Crippen MR) is 56.0 cm³/mol. The van der Waals surface area contributed by atoms with Gasteiger partial charge < -0.3 is 10.0 Å². The Morgan fingerprint density at radius 1 is 1.33 bits per heavy atom. The van der Waals surface area contributed by atoms with Crippen molar-refractivity contribution in [1.82, 2.24) is 4.90 Å². The molecule has 2 heterocycles. The van der Waals surface area contributed by atoms with E-state index in [1.807, 2.05) is 24.3 Å². The zero-order chi connectivity index (χ0) is 10.3. The van der Waals surface area contributed by atoms with E-state index in [4.69, 9.17) is 0 Å². The van der Waals surface area contributed by atoms with Crippen LogP contribution in [0.25, 0.3) is 0 Å². The summed E-state index contributed by atoms with van der Waals surface area (Å²) in [7, 11) is 0. The van der Waals surface area contributed by atoms with E-state index in [1.165, 1.54) is 6.34 Å². The minimum Gasteiger partial charge on any atom is -0.870 e. The van der Waals surface area contributed by atoms with E-state index < -0.39 is 0 Å². The lowest BCUT2D eigenvalue weighted by atomic mass is 9.97. The summed E-state index contributed by atoms with van der Waals surface area (Å²) in [6.45, 7) is 0. The maximum atomic E-state index is 11.7. The molecule has 0 aromatic heterocycles. The van der Waals surface area contributed by atoms with Gasteiger partial charge in [0.1, 0.15) is 12.2 Å². The molecule has 1 aliphatic carbocycles. The Kier molecular flexibility index (Phi) is 1.62. The van der Waals surface area contributed by atoms with Gasteiger partial charge in [-0.2, -0.15) is 0 Å². The molecule has 0 radical (unpaired) electrons. The van der Waals surface area contributed by atoms with Gasteiger partial charge in [0.2, 0.25) is 0 Å². The Balaban J connectivity index is 2.14. The summed E-state index contributed by atoms with van der Waals surface area (Å²) in [5.74, 6) is 0.377. The van der Waals surface area contributed by atoms with E-state index in [1.54, 1.807) is 17.3 Å². The van der Waals surface area contributed by atoms with E-state index in [0.717, 1.165) is 5.57 Å². The predicted octanol–water partition coefficient (Wildman–Crippen LogP) is 0.323. The largest absolute Gasteiger partial charge is 0.870 e. The molecule has 4 heteroatoms. The highest BCUT2D eigenvalue weighted by atomic mass is 16.3. The van der Waals surface area contributed by atoms with Crippen LogP contribution in [-0.2, 0) is 0 Å². The second-order valence-electron chi connectivity index (χ2n) is 3.44. The molecule has 0 saturated carbocycles. The fourth-order valence-corrected chi connectivity index (χ4v) is 1.85. The van der Waals surface area contributed by atoms with Crippen LogP contribution in [0.3, 0.4) is 0 Å². The van der Waals surface area contributed by atoms with E-state index in [2.05, 4.69) is 9.98 Å². The first-order chi connectivity index (χ1) is 7.36. The van der Waals surface area contributed by atoms with Crippen molar-refractivity contribution in [2.24, 2.45) is 9.98 Å². The van der Waals surface area contributed by atoms with E-state index in [9.17, 15) is 5.11 Å². The average molecular weight is 198 g/mol. The maximum Gasteiger partial charge on any atom is 0.128 e. The standard InChI is InChI=1S/C11H9N3O/c15-10-5-8-3-1-2-4-9(8)14-7-12-6-13-11(10)14/h1-7,9,15H/p-1. The number of fused-ring (bicyclic) bond motifs is 3. The fourth-order valence-electron chi connectivity index (χ4n) is 1.85. The highest BCUT2D eigenvalue weighted by Gasteiger charge is 2.25.